The molecule has 2 heterocycles. The number of hydrogen-bond donors (Lipinski definition) is 1. The summed E-state index contributed by atoms with van der Waals surface area (Å²) in [4.78, 5) is 18.7. The Bertz CT molecular complexity index is 872. The zero-order valence-corrected chi connectivity index (χ0v) is 14.2. The van der Waals surface area contributed by atoms with Crippen LogP contribution in [0.2, 0.25) is 0 Å². The van der Waals surface area contributed by atoms with Gasteiger partial charge in [0.15, 0.2) is 0 Å². The van der Waals surface area contributed by atoms with E-state index in [9.17, 15) is 4.79 Å². The number of carbonyl (C=O) groups is 1. The predicted molar refractivity (Wildman–Crippen MR) is 94.2 cm³/mol. The summed E-state index contributed by atoms with van der Waals surface area (Å²) in [5.74, 6) is -0.352. The number of H-pyrrole nitrogens is 1. The number of ether oxygens (including phenoxy) is 1. The van der Waals surface area contributed by atoms with Gasteiger partial charge in [-0.15, -0.1) is 0 Å². The van der Waals surface area contributed by atoms with Gasteiger partial charge >= 0.3 is 5.97 Å². The molecule has 0 unspecified atom stereocenters. The topological polar surface area (TPSA) is 71.1 Å². The highest BCUT2D eigenvalue weighted by Gasteiger charge is 2.16. The zero-order chi connectivity index (χ0) is 17.3. The van der Waals surface area contributed by atoms with Crippen molar-refractivity contribution in [3.8, 4) is 11.3 Å². The number of nitrogens with one attached hydrogen (secondary N) is 1. The Hall–Kier alpha value is -2.89. The lowest BCUT2D eigenvalue weighted by molar-refractivity contribution is 0.0601. The molecule has 6 heteroatoms. The molecule has 0 spiro atoms. The average Bonchev–Trinajstić information content (AvgIpc) is 3.13. The standard InChI is InChI=1S/C18H20N4O2/c1-11(2)22(3)16-8-13-7-12(18(23)24-4)5-6-15(13)21-17(16)14-9-19-20-10-14/h5-11H,1-4H3,(H,19,20). The number of esters is 1. The first-order valence-electron chi connectivity index (χ1n) is 7.76. The molecule has 0 saturated carbocycles. The molecule has 1 N–H and O–H groups in total. The number of anilines is 1. The molecule has 124 valence electrons. The lowest BCUT2D eigenvalue weighted by Gasteiger charge is -2.26. The van der Waals surface area contributed by atoms with E-state index in [2.05, 4.69) is 35.0 Å². The van der Waals surface area contributed by atoms with E-state index in [-0.39, 0.29) is 5.97 Å². The minimum absolute atomic E-state index is 0.304. The molecule has 0 aliphatic heterocycles. The van der Waals surface area contributed by atoms with Crippen LogP contribution in [0, 0.1) is 0 Å². The number of carbonyl (C=O) groups excluding carboxylic acids is 1. The van der Waals surface area contributed by atoms with E-state index in [1.807, 2.05) is 25.4 Å². The molecule has 24 heavy (non-hydrogen) atoms. The first kappa shape index (κ1) is 16.0. The van der Waals surface area contributed by atoms with E-state index in [1.54, 1.807) is 12.3 Å². The number of nitrogens with zero attached hydrogens (tertiary/aromatic N) is 3. The molecular formula is C18H20N4O2. The number of pyridine rings is 1. The number of aromatic amines is 1. The molecule has 0 saturated heterocycles. The van der Waals surface area contributed by atoms with Crippen molar-refractivity contribution in [1.29, 1.82) is 0 Å². The van der Waals surface area contributed by atoms with Crippen molar-refractivity contribution in [3.63, 3.8) is 0 Å². The van der Waals surface area contributed by atoms with Crippen molar-refractivity contribution in [2.24, 2.45) is 0 Å². The van der Waals surface area contributed by atoms with Crippen LogP contribution < -0.4 is 4.90 Å². The molecule has 6 nitrogen and oxygen atoms in total. The van der Waals surface area contributed by atoms with Gasteiger partial charge in [0.05, 0.1) is 35.8 Å². The molecule has 0 radical (unpaired) electrons. The van der Waals surface area contributed by atoms with Gasteiger partial charge < -0.3 is 9.64 Å². The third-order valence-corrected chi connectivity index (χ3v) is 4.14. The van der Waals surface area contributed by atoms with Gasteiger partial charge in [0, 0.05) is 30.2 Å². The summed E-state index contributed by atoms with van der Waals surface area (Å²) in [6, 6.07) is 7.73. The van der Waals surface area contributed by atoms with Crippen LogP contribution in [0.1, 0.15) is 24.2 Å². The van der Waals surface area contributed by atoms with Crippen LogP contribution in [0.25, 0.3) is 22.2 Å². The molecular weight excluding hydrogens is 304 g/mol. The van der Waals surface area contributed by atoms with Gasteiger partial charge in [-0.2, -0.15) is 5.10 Å². The predicted octanol–water partition coefficient (Wildman–Crippen LogP) is 3.26. The molecule has 1 aromatic carbocycles. The molecule has 2 aromatic heterocycles. The summed E-state index contributed by atoms with van der Waals surface area (Å²) >= 11 is 0. The fourth-order valence-corrected chi connectivity index (χ4v) is 2.55. The van der Waals surface area contributed by atoms with Crippen LogP contribution in [0.4, 0.5) is 5.69 Å². The Kier molecular flexibility index (Phi) is 4.20. The third-order valence-electron chi connectivity index (χ3n) is 4.14. The lowest BCUT2D eigenvalue weighted by atomic mass is 10.1. The Morgan fingerprint density at radius 3 is 2.71 bits per heavy atom. The van der Waals surface area contributed by atoms with Gasteiger partial charge in [-0.05, 0) is 38.1 Å². The highest BCUT2D eigenvalue weighted by atomic mass is 16.5. The summed E-state index contributed by atoms with van der Waals surface area (Å²) in [6.45, 7) is 4.24. The van der Waals surface area contributed by atoms with E-state index in [4.69, 9.17) is 9.72 Å². The SMILES string of the molecule is COC(=O)c1ccc2nc(-c3cn[nH]c3)c(N(C)C(C)C)cc2c1. The van der Waals surface area contributed by atoms with Crippen LogP contribution in [0.15, 0.2) is 36.7 Å². The maximum absolute atomic E-state index is 11.8. The number of methoxy groups -OCH3 is 1. The van der Waals surface area contributed by atoms with Crippen molar-refractivity contribution >= 4 is 22.6 Å². The fourth-order valence-electron chi connectivity index (χ4n) is 2.55. The van der Waals surface area contributed by atoms with E-state index < -0.39 is 0 Å². The maximum Gasteiger partial charge on any atom is 0.337 e. The second kappa shape index (κ2) is 6.31. The van der Waals surface area contributed by atoms with E-state index in [1.165, 1.54) is 7.11 Å². The molecule has 0 fully saturated rings. The van der Waals surface area contributed by atoms with Crippen LogP contribution in [0.5, 0.6) is 0 Å². The summed E-state index contributed by atoms with van der Waals surface area (Å²) in [7, 11) is 3.41. The first-order chi connectivity index (χ1) is 11.5. The number of benzene rings is 1. The van der Waals surface area contributed by atoms with E-state index in [0.717, 1.165) is 27.8 Å². The van der Waals surface area contributed by atoms with Crippen molar-refractivity contribution in [2.75, 3.05) is 19.1 Å². The number of rotatable bonds is 4. The van der Waals surface area contributed by atoms with Gasteiger partial charge in [0.1, 0.15) is 0 Å². The first-order valence-corrected chi connectivity index (χ1v) is 7.76. The van der Waals surface area contributed by atoms with Gasteiger partial charge in [-0.3, -0.25) is 5.10 Å². The van der Waals surface area contributed by atoms with Crippen molar-refractivity contribution in [1.82, 2.24) is 15.2 Å². The van der Waals surface area contributed by atoms with Crippen molar-refractivity contribution < 1.29 is 9.53 Å². The highest BCUT2D eigenvalue weighted by Crippen LogP contribution is 2.32. The molecule has 0 aliphatic carbocycles. The Labute approximate surface area is 140 Å². The monoisotopic (exact) mass is 324 g/mol. The Balaban J connectivity index is 2.22. The molecule has 0 bridgehead atoms. The summed E-state index contributed by atoms with van der Waals surface area (Å²) < 4.78 is 4.80. The fraction of sp³-hybridized carbons (Fsp3) is 0.278. The molecule has 3 aromatic rings. The molecule has 0 aliphatic rings. The van der Waals surface area contributed by atoms with E-state index >= 15 is 0 Å². The zero-order valence-electron chi connectivity index (χ0n) is 14.2. The van der Waals surface area contributed by atoms with Crippen molar-refractivity contribution in [3.05, 3.63) is 42.2 Å². The van der Waals surface area contributed by atoms with Gasteiger partial charge in [-0.1, -0.05) is 0 Å². The molecule has 3 rings (SSSR count). The van der Waals surface area contributed by atoms with Gasteiger partial charge in [0.25, 0.3) is 0 Å². The average molecular weight is 324 g/mol. The van der Waals surface area contributed by atoms with Gasteiger partial charge in [-0.25, -0.2) is 9.78 Å². The summed E-state index contributed by atoms with van der Waals surface area (Å²) in [6.07, 6.45) is 3.59. The minimum atomic E-state index is -0.352. The van der Waals surface area contributed by atoms with E-state index in [0.29, 0.717) is 11.6 Å². The smallest absolute Gasteiger partial charge is 0.337 e. The van der Waals surface area contributed by atoms with Crippen molar-refractivity contribution in [2.45, 2.75) is 19.9 Å². The van der Waals surface area contributed by atoms with Crippen LogP contribution >= 0.6 is 0 Å². The normalized spacial score (nSPS) is 11.0. The Morgan fingerprint density at radius 2 is 2.08 bits per heavy atom. The molecule has 0 amide bonds. The van der Waals surface area contributed by atoms with Gasteiger partial charge in [0.2, 0.25) is 0 Å². The number of aromatic nitrogens is 3. The summed E-state index contributed by atoms with van der Waals surface area (Å²) in [5, 5.41) is 7.76. The van der Waals surface area contributed by atoms with Crippen LogP contribution in [-0.2, 0) is 4.74 Å². The van der Waals surface area contributed by atoms with Crippen LogP contribution in [-0.4, -0.2) is 41.3 Å². The number of hydrogen-bond acceptors (Lipinski definition) is 5. The summed E-state index contributed by atoms with van der Waals surface area (Å²) in [5.41, 5.74) is 4.11. The molecule has 0 atom stereocenters. The third kappa shape index (κ3) is 2.82. The maximum atomic E-state index is 11.8. The Morgan fingerprint density at radius 1 is 1.29 bits per heavy atom. The second-order valence-corrected chi connectivity index (χ2v) is 5.95. The quantitative estimate of drug-likeness (QED) is 0.746. The van der Waals surface area contributed by atoms with Crippen LogP contribution in [0.3, 0.4) is 0 Å². The largest absolute Gasteiger partial charge is 0.465 e. The highest BCUT2D eigenvalue weighted by molar-refractivity contribution is 5.96. The second-order valence-electron chi connectivity index (χ2n) is 5.95. The minimum Gasteiger partial charge on any atom is -0.465 e. The number of fused-ring (bicyclic) bond motifs is 1. The lowest BCUT2D eigenvalue weighted by Crippen LogP contribution is -2.26.